The Balaban J connectivity index is 1.99. The number of esters is 1. The SMILES string of the molecule is CCN(CC)S(=O)(=O)c1ccc(C=CC(=O)OCC(=O)c2cc(C)c(C)cc2C)cc1. The van der Waals surface area contributed by atoms with E-state index < -0.39 is 16.0 Å². The zero-order chi connectivity index (χ0) is 23.2. The summed E-state index contributed by atoms with van der Waals surface area (Å²) < 4.78 is 31.5. The Kier molecular flexibility index (Phi) is 8.30. The van der Waals surface area contributed by atoms with Gasteiger partial charge in [-0.05, 0) is 67.3 Å². The number of hydrogen-bond acceptors (Lipinski definition) is 5. The van der Waals surface area contributed by atoms with Crippen molar-refractivity contribution in [1.29, 1.82) is 0 Å². The highest BCUT2D eigenvalue weighted by Gasteiger charge is 2.21. The Morgan fingerprint density at radius 1 is 0.935 bits per heavy atom. The van der Waals surface area contributed by atoms with Gasteiger partial charge < -0.3 is 4.74 Å². The Labute approximate surface area is 184 Å². The van der Waals surface area contributed by atoms with Crippen LogP contribution in [0.4, 0.5) is 0 Å². The van der Waals surface area contributed by atoms with Crippen LogP contribution in [-0.4, -0.2) is 44.2 Å². The molecule has 166 valence electrons. The quantitative estimate of drug-likeness (QED) is 0.331. The molecule has 0 atom stereocenters. The van der Waals surface area contributed by atoms with Gasteiger partial charge in [0.2, 0.25) is 15.8 Å². The van der Waals surface area contributed by atoms with Crippen molar-refractivity contribution in [3.05, 3.63) is 70.3 Å². The summed E-state index contributed by atoms with van der Waals surface area (Å²) in [6.07, 6.45) is 2.73. The predicted molar refractivity (Wildman–Crippen MR) is 122 cm³/mol. The zero-order valence-corrected chi connectivity index (χ0v) is 19.5. The molecular weight excluding hydrogens is 414 g/mol. The number of Topliss-reactive ketones (excluding diaryl/α,β-unsaturated/α-hetero) is 1. The molecule has 0 amide bonds. The van der Waals surface area contributed by atoms with E-state index in [1.807, 2.05) is 32.9 Å². The van der Waals surface area contributed by atoms with E-state index in [4.69, 9.17) is 4.74 Å². The second kappa shape index (κ2) is 10.5. The van der Waals surface area contributed by atoms with Crippen LogP contribution in [0.5, 0.6) is 0 Å². The summed E-state index contributed by atoms with van der Waals surface area (Å²) in [5.74, 6) is -0.900. The molecule has 0 saturated heterocycles. The van der Waals surface area contributed by atoms with Gasteiger partial charge in [-0.15, -0.1) is 0 Å². The molecule has 2 aromatic carbocycles. The van der Waals surface area contributed by atoms with Gasteiger partial charge in [-0.2, -0.15) is 4.31 Å². The first kappa shape index (κ1) is 24.5. The van der Waals surface area contributed by atoms with Crippen molar-refractivity contribution in [2.45, 2.75) is 39.5 Å². The molecule has 0 saturated carbocycles. The molecule has 6 nitrogen and oxygen atoms in total. The summed E-state index contributed by atoms with van der Waals surface area (Å²) in [6, 6.07) is 9.99. The van der Waals surface area contributed by atoms with Gasteiger partial charge in [-0.3, -0.25) is 4.79 Å². The molecule has 0 heterocycles. The van der Waals surface area contributed by atoms with Crippen molar-refractivity contribution in [2.75, 3.05) is 19.7 Å². The average Bonchev–Trinajstić information content (AvgIpc) is 2.74. The smallest absolute Gasteiger partial charge is 0.331 e. The van der Waals surface area contributed by atoms with Crippen LogP contribution in [0.25, 0.3) is 6.08 Å². The lowest BCUT2D eigenvalue weighted by molar-refractivity contribution is -0.136. The number of hydrogen-bond donors (Lipinski definition) is 0. The highest BCUT2D eigenvalue weighted by molar-refractivity contribution is 7.89. The molecule has 0 aliphatic heterocycles. The first-order valence-corrected chi connectivity index (χ1v) is 11.6. The Morgan fingerprint density at radius 2 is 1.52 bits per heavy atom. The molecule has 0 radical (unpaired) electrons. The van der Waals surface area contributed by atoms with Crippen molar-refractivity contribution in [3.63, 3.8) is 0 Å². The fraction of sp³-hybridized carbons (Fsp3) is 0.333. The van der Waals surface area contributed by atoms with E-state index in [1.165, 1.54) is 28.6 Å². The number of rotatable bonds is 9. The minimum absolute atomic E-state index is 0.199. The van der Waals surface area contributed by atoms with Gasteiger partial charge in [-0.1, -0.05) is 32.0 Å². The predicted octanol–water partition coefficient (Wildman–Crippen LogP) is 4.08. The molecule has 0 bridgehead atoms. The molecule has 0 aromatic heterocycles. The van der Waals surface area contributed by atoms with Gasteiger partial charge in [0.15, 0.2) is 6.61 Å². The normalized spacial score (nSPS) is 11.8. The number of nitrogens with zero attached hydrogens (tertiary/aromatic N) is 1. The number of ether oxygens (including phenoxy) is 1. The minimum atomic E-state index is -3.52. The van der Waals surface area contributed by atoms with E-state index in [0.717, 1.165) is 16.7 Å². The molecule has 0 fully saturated rings. The van der Waals surface area contributed by atoms with E-state index in [-0.39, 0.29) is 17.3 Å². The van der Waals surface area contributed by atoms with E-state index in [0.29, 0.717) is 24.2 Å². The van der Waals surface area contributed by atoms with Crippen molar-refractivity contribution >= 4 is 27.9 Å². The van der Waals surface area contributed by atoms with Crippen LogP contribution in [-0.2, 0) is 19.6 Å². The van der Waals surface area contributed by atoms with Crippen LogP contribution in [0.3, 0.4) is 0 Å². The molecule has 7 heteroatoms. The van der Waals surface area contributed by atoms with Crippen LogP contribution >= 0.6 is 0 Å². The fourth-order valence-electron chi connectivity index (χ4n) is 3.15. The highest BCUT2D eigenvalue weighted by atomic mass is 32.2. The maximum atomic E-state index is 12.5. The fourth-order valence-corrected chi connectivity index (χ4v) is 4.61. The Bertz CT molecular complexity index is 1080. The molecule has 0 N–H and O–H groups in total. The standard InChI is InChI=1S/C24H29NO5S/c1-6-25(7-2)31(28,29)21-11-8-20(9-12-21)10-13-24(27)30-16-23(26)22-15-18(4)17(3)14-19(22)5/h8-15H,6-7,16H2,1-5H3. The summed E-state index contributed by atoms with van der Waals surface area (Å²) in [4.78, 5) is 24.6. The van der Waals surface area contributed by atoms with E-state index >= 15 is 0 Å². The number of aryl methyl sites for hydroxylation is 3. The van der Waals surface area contributed by atoms with Crippen molar-refractivity contribution < 1.29 is 22.7 Å². The topological polar surface area (TPSA) is 80.8 Å². The summed E-state index contributed by atoms with van der Waals surface area (Å²) in [5, 5.41) is 0. The van der Waals surface area contributed by atoms with Gasteiger partial charge in [0.25, 0.3) is 0 Å². The van der Waals surface area contributed by atoms with Gasteiger partial charge >= 0.3 is 5.97 Å². The zero-order valence-electron chi connectivity index (χ0n) is 18.6. The lowest BCUT2D eigenvalue weighted by Crippen LogP contribution is -2.30. The first-order chi connectivity index (χ1) is 14.6. The third-order valence-electron chi connectivity index (χ3n) is 5.12. The third-order valence-corrected chi connectivity index (χ3v) is 7.19. The highest BCUT2D eigenvalue weighted by Crippen LogP contribution is 2.18. The summed E-state index contributed by atoms with van der Waals surface area (Å²) in [6.45, 7) is 9.79. The van der Waals surface area contributed by atoms with Crippen LogP contribution in [0.2, 0.25) is 0 Å². The van der Waals surface area contributed by atoms with Crippen molar-refractivity contribution in [3.8, 4) is 0 Å². The number of benzene rings is 2. The Morgan fingerprint density at radius 3 is 2.10 bits per heavy atom. The first-order valence-electron chi connectivity index (χ1n) is 10.2. The molecule has 0 unspecified atom stereocenters. The van der Waals surface area contributed by atoms with Crippen LogP contribution in [0.15, 0.2) is 47.4 Å². The van der Waals surface area contributed by atoms with E-state index in [2.05, 4.69) is 0 Å². The summed E-state index contributed by atoms with van der Waals surface area (Å²) >= 11 is 0. The Hall–Kier alpha value is -2.77. The minimum Gasteiger partial charge on any atom is -0.454 e. The molecule has 2 rings (SSSR count). The van der Waals surface area contributed by atoms with Crippen molar-refractivity contribution in [1.82, 2.24) is 4.31 Å². The average molecular weight is 444 g/mol. The maximum absolute atomic E-state index is 12.5. The second-order valence-electron chi connectivity index (χ2n) is 7.27. The van der Waals surface area contributed by atoms with Gasteiger partial charge in [0, 0.05) is 24.7 Å². The summed E-state index contributed by atoms with van der Waals surface area (Å²) in [7, 11) is -3.52. The molecule has 0 aliphatic carbocycles. The molecular formula is C24H29NO5S. The van der Waals surface area contributed by atoms with Crippen molar-refractivity contribution in [2.24, 2.45) is 0 Å². The monoisotopic (exact) mass is 443 g/mol. The second-order valence-corrected chi connectivity index (χ2v) is 9.21. The van der Waals surface area contributed by atoms with Crippen LogP contribution < -0.4 is 0 Å². The van der Waals surface area contributed by atoms with Crippen LogP contribution in [0.1, 0.15) is 46.5 Å². The lowest BCUT2D eigenvalue weighted by Gasteiger charge is -2.18. The van der Waals surface area contributed by atoms with Gasteiger partial charge in [0.1, 0.15) is 0 Å². The van der Waals surface area contributed by atoms with E-state index in [9.17, 15) is 18.0 Å². The largest absolute Gasteiger partial charge is 0.454 e. The lowest BCUT2D eigenvalue weighted by atomic mass is 9.98. The molecule has 0 aliphatic rings. The van der Waals surface area contributed by atoms with E-state index in [1.54, 1.807) is 26.0 Å². The maximum Gasteiger partial charge on any atom is 0.331 e. The molecule has 2 aromatic rings. The molecule has 0 spiro atoms. The third kappa shape index (κ3) is 6.12. The van der Waals surface area contributed by atoms with Crippen LogP contribution in [0, 0.1) is 20.8 Å². The number of sulfonamides is 1. The number of ketones is 1. The van der Waals surface area contributed by atoms with Gasteiger partial charge in [0.05, 0.1) is 4.90 Å². The molecule has 31 heavy (non-hydrogen) atoms. The van der Waals surface area contributed by atoms with Gasteiger partial charge in [-0.25, -0.2) is 13.2 Å². The number of carbonyl (C=O) groups excluding carboxylic acids is 2. The number of carbonyl (C=O) groups is 2. The summed E-state index contributed by atoms with van der Waals surface area (Å²) in [5.41, 5.74) is 4.15.